The molecule has 3 N–H and O–H groups in total. The summed E-state index contributed by atoms with van der Waals surface area (Å²) in [4.78, 5) is 30.5. The van der Waals surface area contributed by atoms with Crippen molar-refractivity contribution < 1.29 is 14.3 Å². The Balaban J connectivity index is 1.41. The van der Waals surface area contributed by atoms with Gasteiger partial charge in [0.15, 0.2) is 5.13 Å². The molecule has 1 aromatic carbocycles. The zero-order valence-electron chi connectivity index (χ0n) is 17.6. The van der Waals surface area contributed by atoms with Gasteiger partial charge in [0.2, 0.25) is 0 Å². The highest BCUT2D eigenvalue weighted by Crippen LogP contribution is 2.25. The third kappa shape index (κ3) is 5.55. The van der Waals surface area contributed by atoms with Crippen LogP contribution in [0.4, 0.5) is 26.8 Å². The highest BCUT2D eigenvalue weighted by molar-refractivity contribution is 7.17. The molecule has 1 aliphatic heterocycles. The molecule has 0 unspecified atom stereocenters. The van der Waals surface area contributed by atoms with Crippen LogP contribution in [0.15, 0.2) is 36.5 Å². The topological polar surface area (TPSA) is 107 Å². The lowest BCUT2D eigenvalue weighted by atomic mass is 10.3. The normalized spacial score (nSPS) is 14.4. The number of nitrogens with zero attached hydrogens (tertiary/aromatic N) is 5. The predicted molar refractivity (Wildman–Crippen MR) is 122 cm³/mol. The van der Waals surface area contributed by atoms with Gasteiger partial charge < -0.3 is 20.6 Å². The molecule has 2 aromatic heterocycles. The Morgan fingerprint density at radius 3 is 2.66 bits per heavy atom. The lowest BCUT2D eigenvalue weighted by molar-refractivity contribution is 0.103. The summed E-state index contributed by atoms with van der Waals surface area (Å²) in [6, 6.07) is 7.45. The van der Waals surface area contributed by atoms with E-state index in [0.717, 1.165) is 32.0 Å². The molecule has 9 nitrogen and oxygen atoms in total. The fourth-order valence-corrected chi connectivity index (χ4v) is 4.11. The summed E-state index contributed by atoms with van der Waals surface area (Å²) in [5.41, 5.74) is 0.509. The van der Waals surface area contributed by atoms with E-state index < -0.39 is 0 Å². The van der Waals surface area contributed by atoms with Gasteiger partial charge in [-0.15, -0.1) is 0 Å². The molecule has 1 aliphatic rings. The molecule has 0 atom stereocenters. The highest BCUT2D eigenvalue weighted by Gasteiger charge is 2.19. The van der Waals surface area contributed by atoms with Crippen LogP contribution in [0.25, 0.3) is 0 Å². The Bertz CT molecular complexity index is 1070. The number of rotatable bonds is 7. The van der Waals surface area contributed by atoms with Gasteiger partial charge in [-0.05, 0) is 31.2 Å². The summed E-state index contributed by atoms with van der Waals surface area (Å²) in [5, 5.41) is 15.5. The minimum Gasteiger partial charge on any atom is -0.395 e. The van der Waals surface area contributed by atoms with Crippen LogP contribution >= 0.6 is 11.3 Å². The van der Waals surface area contributed by atoms with Gasteiger partial charge in [-0.2, -0.15) is 0 Å². The number of amides is 1. The first kappa shape index (κ1) is 22.1. The molecule has 1 saturated heterocycles. The van der Waals surface area contributed by atoms with Gasteiger partial charge in [-0.1, -0.05) is 11.3 Å². The quantitative estimate of drug-likeness (QED) is 0.497. The molecule has 1 fully saturated rings. The molecule has 0 radical (unpaired) electrons. The van der Waals surface area contributed by atoms with Gasteiger partial charge in [-0.3, -0.25) is 9.69 Å². The van der Waals surface area contributed by atoms with Crippen LogP contribution in [-0.4, -0.2) is 70.2 Å². The number of benzene rings is 1. The Morgan fingerprint density at radius 1 is 1.19 bits per heavy atom. The predicted octanol–water partition coefficient (Wildman–Crippen LogP) is 2.49. The van der Waals surface area contributed by atoms with Crippen molar-refractivity contribution in [2.45, 2.75) is 6.92 Å². The summed E-state index contributed by atoms with van der Waals surface area (Å²) >= 11 is 1.20. The number of aryl methyl sites for hydroxylation is 1. The number of aliphatic hydroxyl groups is 1. The molecular formula is C21H24FN7O2S. The standard InChI is InChI=1S/C21H24FN7O2S/c1-14-24-18(12-19(25-14)29-8-6-28(7-9-29)10-11-30)27-21-23-13-17(32-21)20(31)26-16-4-2-15(22)3-5-16/h2-5,12-13,30H,6-11H2,1H3,(H,26,31)(H,23,24,25,27). The molecule has 4 rings (SSSR count). The largest absolute Gasteiger partial charge is 0.395 e. The van der Waals surface area contributed by atoms with Gasteiger partial charge in [0.1, 0.15) is 28.2 Å². The van der Waals surface area contributed by atoms with Crippen LogP contribution in [0.2, 0.25) is 0 Å². The van der Waals surface area contributed by atoms with Crippen LogP contribution in [0.1, 0.15) is 15.5 Å². The van der Waals surface area contributed by atoms with E-state index in [1.807, 2.05) is 13.0 Å². The molecule has 3 heterocycles. The number of piperazine rings is 1. The highest BCUT2D eigenvalue weighted by atomic mass is 32.1. The maximum atomic E-state index is 13.0. The number of aliphatic hydroxyl groups excluding tert-OH is 1. The van der Waals surface area contributed by atoms with Crippen molar-refractivity contribution in [3.8, 4) is 0 Å². The molecule has 0 bridgehead atoms. The van der Waals surface area contributed by atoms with Crippen LogP contribution in [-0.2, 0) is 0 Å². The number of carbonyl (C=O) groups is 1. The Morgan fingerprint density at radius 2 is 1.94 bits per heavy atom. The molecule has 0 saturated carbocycles. The number of β-amino-alcohol motifs (C(OH)–C–C–N with tert-alkyl or cyclic N) is 1. The first-order valence-electron chi connectivity index (χ1n) is 10.2. The molecule has 0 aliphatic carbocycles. The number of halogens is 1. The van der Waals surface area contributed by atoms with E-state index in [0.29, 0.717) is 33.9 Å². The zero-order chi connectivity index (χ0) is 22.5. The monoisotopic (exact) mass is 457 g/mol. The van der Waals surface area contributed by atoms with Crippen molar-refractivity contribution in [3.05, 3.63) is 53.0 Å². The van der Waals surface area contributed by atoms with Crippen LogP contribution < -0.4 is 15.5 Å². The molecule has 32 heavy (non-hydrogen) atoms. The second-order valence-corrected chi connectivity index (χ2v) is 8.36. The van der Waals surface area contributed by atoms with E-state index in [9.17, 15) is 9.18 Å². The first-order valence-corrected chi connectivity index (χ1v) is 11.1. The van der Waals surface area contributed by atoms with Crippen LogP contribution in [0, 0.1) is 12.7 Å². The van der Waals surface area contributed by atoms with Crippen molar-refractivity contribution in [2.75, 3.05) is 54.9 Å². The summed E-state index contributed by atoms with van der Waals surface area (Å²) in [6.07, 6.45) is 1.49. The Hall–Kier alpha value is -3.15. The third-order valence-corrected chi connectivity index (χ3v) is 5.92. The van der Waals surface area contributed by atoms with E-state index in [-0.39, 0.29) is 18.3 Å². The lowest BCUT2D eigenvalue weighted by Crippen LogP contribution is -2.47. The van der Waals surface area contributed by atoms with E-state index >= 15 is 0 Å². The van der Waals surface area contributed by atoms with Crippen molar-refractivity contribution in [1.82, 2.24) is 19.9 Å². The fraction of sp³-hybridized carbons (Fsp3) is 0.333. The van der Waals surface area contributed by atoms with Crippen molar-refractivity contribution in [3.63, 3.8) is 0 Å². The maximum absolute atomic E-state index is 13.0. The Kier molecular flexibility index (Phi) is 6.88. The fourth-order valence-electron chi connectivity index (χ4n) is 3.39. The second-order valence-electron chi connectivity index (χ2n) is 7.33. The van der Waals surface area contributed by atoms with Gasteiger partial charge in [0, 0.05) is 44.5 Å². The zero-order valence-corrected chi connectivity index (χ0v) is 18.4. The van der Waals surface area contributed by atoms with Crippen molar-refractivity contribution in [2.24, 2.45) is 0 Å². The average molecular weight is 458 g/mol. The first-order chi connectivity index (χ1) is 15.5. The number of thiazole rings is 1. The number of hydrogen-bond acceptors (Lipinski definition) is 9. The number of carbonyl (C=O) groups excluding carboxylic acids is 1. The number of hydrogen-bond donors (Lipinski definition) is 3. The number of anilines is 4. The van der Waals surface area contributed by atoms with Crippen molar-refractivity contribution >= 4 is 39.7 Å². The SMILES string of the molecule is Cc1nc(Nc2ncc(C(=O)Nc3ccc(F)cc3)s2)cc(N2CCN(CCO)CC2)n1. The smallest absolute Gasteiger partial charge is 0.267 e. The summed E-state index contributed by atoms with van der Waals surface area (Å²) < 4.78 is 13.0. The summed E-state index contributed by atoms with van der Waals surface area (Å²) in [7, 11) is 0. The van der Waals surface area contributed by atoms with Gasteiger partial charge in [0.05, 0.1) is 12.8 Å². The summed E-state index contributed by atoms with van der Waals surface area (Å²) in [5.74, 6) is 1.38. The van der Waals surface area contributed by atoms with Gasteiger partial charge >= 0.3 is 0 Å². The minimum absolute atomic E-state index is 0.165. The molecule has 11 heteroatoms. The molecule has 1 amide bonds. The lowest BCUT2D eigenvalue weighted by Gasteiger charge is -2.35. The second kappa shape index (κ2) is 9.98. The van der Waals surface area contributed by atoms with Gasteiger partial charge in [0.25, 0.3) is 5.91 Å². The minimum atomic E-state index is -0.362. The molecule has 3 aromatic rings. The van der Waals surface area contributed by atoms with E-state index in [1.54, 1.807) is 0 Å². The van der Waals surface area contributed by atoms with Crippen LogP contribution in [0.5, 0.6) is 0 Å². The Labute approximate surface area is 188 Å². The maximum Gasteiger partial charge on any atom is 0.267 e. The molecule has 0 spiro atoms. The third-order valence-electron chi connectivity index (χ3n) is 5.00. The molecule has 168 valence electrons. The van der Waals surface area contributed by atoms with Crippen molar-refractivity contribution in [1.29, 1.82) is 0 Å². The average Bonchev–Trinajstić information content (AvgIpc) is 3.24. The van der Waals surface area contributed by atoms with E-state index in [1.165, 1.54) is 41.8 Å². The van der Waals surface area contributed by atoms with E-state index in [4.69, 9.17) is 5.11 Å². The molecular weight excluding hydrogens is 433 g/mol. The van der Waals surface area contributed by atoms with Crippen LogP contribution in [0.3, 0.4) is 0 Å². The number of nitrogens with one attached hydrogen (secondary N) is 2. The van der Waals surface area contributed by atoms with Gasteiger partial charge in [-0.25, -0.2) is 19.3 Å². The summed E-state index contributed by atoms with van der Waals surface area (Å²) in [6.45, 7) is 6.06. The number of aromatic nitrogens is 3. The van der Waals surface area contributed by atoms with E-state index in [2.05, 4.69) is 35.4 Å².